The van der Waals surface area contributed by atoms with Gasteiger partial charge in [0.15, 0.2) is 0 Å². The lowest BCUT2D eigenvalue weighted by Crippen LogP contribution is -2.05. The van der Waals surface area contributed by atoms with E-state index in [0.29, 0.717) is 31.2 Å². The Morgan fingerprint density at radius 3 is 2.89 bits per heavy atom. The molecule has 0 amide bonds. The first kappa shape index (κ1) is 14.1. The van der Waals surface area contributed by atoms with Crippen molar-refractivity contribution in [2.24, 2.45) is 4.99 Å². The van der Waals surface area contributed by atoms with Gasteiger partial charge in [0.05, 0.1) is 20.3 Å². The molecule has 4 nitrogen and oxygen atoms in total. The van der Waals surface area contributed by atoms with Gasteiger partial charge in [-0.1, -0.05) is 18.7 Å². The lowest BCUT2D eigenvalue weighted by molar-refractivity contribution is 0.300. The summed E-state index contributed by atoms with van der Waals surface area (Å²) < 4.78 is 10.6. The van der Waals surface area contributed by atoms with Crippen molar-refractivity contribution in [1.82, 2.24) is 0 Å². The second-order valence-electron chi connectivity index (χ2n) is 3.59. The number of aliphatic hydroxyl groups excluding tert-OH is 1. The molecule has 0 saturated heterocycles. The number of allylic oxidation sites excluding steroid dienone is 2. The standard InChI is InChI=1S/C14H19NO3/c1-4-11-6-7-12(16)10-14(18-5-2)15-9-8-13(11)17-3/h4,6,8,10,16H,1,5,7,9H2,2-3H3/b11-6-,12-10+,13-8+,15-14+. The van der Waals surface area contributed by atoms with E-state index >= 15 is 0 Å². The summed E-state index contributed by atoms with van der Waals surface area (Å²) in [6, 6.07) is 0. The van der Waals surface area contributed by atoms with E-state index in [1.54, 1.807) is 13.2 Å². The van der Waals surface area contributed by atoms with Crippen LogP contribution in [0.25, 0.3) is 0 Å². The lowest BCUT2D eigenvalue weighted by atomic mass is 10.1. The number of nitrogens with zero attached hydrogens (tertiary/aromatic N) is 1. The first-order chi connectivity index (χ1) is 8.71. The summed E-state index contributed by atoms with van der Waals surface area (Å²) in [5.74, 6) is 1.32. The maximum atomic E-state index is 9.76. The summed E-state index contributed by atoms with van der Waals surface area (Å²) in [4.78, 5) is 4.23. The van der Waals surface area contributed by atoms with Gasteiger partial charge in [-0.3, -0.25) is 0 Å². The van der Waals surface area contributed by atoms with E-state index in [9.17, 15) is 5.11 Å². The molecule has 0 fully saturated rings. The third-order valence-electron chi connectivity index (χ3n) is 2.36. The summed E-state index contributed by atoms with van der Waals surface area (Å²) in [5, 5.41) is 9.76. The highest BCUT2D eigenvalue weighted by Gasteiger charge is 2.05. The zero-order valence-corrected chi connectivity index (χ0v) is 10.8. The molecular formula is C14H19NO3. The third-order valence-corrected chi connectivity index (χ3v) is 2.36. The van der Waals surface area contributed by atoms with Gasteiger partial charge in [-0.05, 0) is 13.0 Å². The summed E-state index contributed by atoms with van der Waals surface area (Å²) in [6.45, 7) is 6.54. The summed E-state index contributed by atoms with van der Waals surface area (Å²) in [5.41, 5.74) is 0.840. The minimum Gasteiger partial charge on any atom is -0.512 e. The fourth-order valence-electron chi connectivity index (χ4n) is 1.52. The zero-order valence-electron chi connectivity index (χ0n) is 10.8. The van der Waals surface area contributed by atoms with Gasteiger partial charge in [-0.15, -0.1) is 0 Å². The molecule has 0 unspecified atom stereocenters. The Balaban J connectivity index is 3.02. The van der Waals surface area contributed by atoms with Gasteiger partial charge in [-0.25, -0.2) is 4.99 Å². The Morgan fingerprint density at radius 2 is 2.28 bits per heavy atom. The van der Waals surface area contributed by atoms with Gasteiger partial charge in [0.2, 0.25) is 5.90 Å². The van der Waals surface area contributed by atoms with Crippen molar-refractivity contribution >= 4 is 5.90 Å². The number of ether oxygens (including phenoxy) is 2. The molecule has 0 aromatic rings. The summed E-state index contributed by atoms with van der Waals surface area (Å²) >= 11 is 0. The van der Waals surface area contributed by atoms with E-state index in [4.69, 9.17) is 9.47 Å². The molecule has 4 heteroatoms. The molecule has 18 heavy (non-hydrogen) atoms. The molecular weight excluding hydrogens is 230 g/mol. The summed E-state index contributed by atoms with van der Waals surface area (Å²) in [7, 11) is 1.60. The predicted molar refractivity (Wildman–Crippen MR) is 72.6 cm³/mol. The molecule has 1 N–H and O–H groups in total. The smallest absolute Gasteiger partial charge is 0.212 e. The molecule has 0 spiro atoms. The Morgan fingerprint density at radius 1 is 1.50 bits per heavy atom. The highest BCUT2D eigenvalue weighted by Crippen LogP contribution is 2.15. The molecule has 98 valence electrons. The minimum absolute atomic E-state index is 0.193. The third kappa shape index (κ3) is 4.13. The van der Waals surface area contributed by atoms with Gasteiger partial charge in [0.1, 0.15) is 11.5 Å². The Bertz CT molecular complexity index is 417. The Labute approximate surface area is 108 Å². The van der Waals surface area contributed by atoms with Crippen LogP contribution in [0.3, 0.4) is 0 Å². The van der Waals surface area contributed by atoms with Gasteiger partial charge in [-0.2, -0.15) is 0 Å². The maximum absolute atomic E-state index is 9.76. The van der Waals surface area contributed by atoms with Crippen LogP contribution in [-0.2, 0) is 9.47 Å². The van der Waals surface area contributed by atoms with E-state index in [2.05, 4.69) is 11.6 Å². The van der Waals surface area contributed by atoms with Gasteiger partial charge in [0, 0.05) is 18.1 Å². The first-order valence-corrected chi connectivity index (χ1v) is 5.85. The molecule has 0 aromatic heterocycles. The van der Waals surface area contributed by atoms with Crippen LogP contribution in [0.4, 0.5) is 0 Å². The molecule has 1 heterocycles. The van der Waals surface area contributed by atoms with Crippen LogP contribution in [0.5, 0.6) is 0 Å². The van der Waals surface area contributed by atoms with Gasteiger partial charge < -0.3 is 14.6 Å². The molecule has 0 saturated carbocycles. The minimum atomic E-state index is 0.193. The van der Waals surface area contributed by atoms with Crippen LogP contribution in [-0.4, -0.2) is 31.3 Å². The molecule has 0 aromatic carbocycles. The van der Waals surface area contributed by atoms with Crippen molar-refractivity contribution in [3.63, 3.8) is 0 Å². The number of rotatable bonds is 3. The topological polar surface area (TPSA) is 51.0 Å². The fourth-order valence-corrected chi connectivity index (χ4v) is 1.52. The number of hydrogen-bond acceptors (Lipinski definition) is 4. The molecule has 1 aliphatic rings. The van der Waals surface area contributed by atoms with Crippen molar-refractivity contribution < 1.29 is 14.6 Å². The molecule has 1 rings (SSSR count). The van der Waals surface area contributed by atoms with Crippen LogP contribution in [0.2, 0.25) is 0 Å². The van der Waals surface area contributed by atoms with Crippen LogP contribution in [0, 0.1) is 0 Å². The lowest BCUT2D eigenvalue weighted by Gasteiger charge is -2.09. The van der Waals surface area contributed by atoms with Gasteiger partial charge >= 0.3 is 0 Å². The number of hydrogen-bond donors (Lipinski definition) is 1. The molecule has 0 atom stereocenters. The van der Waals surface area contributed by atoms with E-state index in [1.807, 2.05) is 19.1 Å². The number of methoxy groups -OCH3 is 1. The largest absolute Gasteiger partial charge is 0.512 e. The molecule has 1 aliphatic heterocycles. The molecule has 0 bridgehead atoms. The van der Waals surface area contributed by atoms with Crippen LogP contribution in [0.1, 0.15) is 13.3 Å². The Kier molecular flexibility index (Phi) is 5.77. The van der Waals surface area contributed by atoms with Gasteiger partial charge in [0.25, 0.3) is 0 Å². The van der Waals surface area contributed by atoms with Crippen LogP contribution < -0.4 is 0 Å². The van der Waals surface area contributed by atoms with E-state index in [1.165, 1.54) is 6.08 Å². The second kappa shape index (κ2) is 7.37. The quantitative estimate of drug-likeness (QED) is 0.836. The maximum Gasteiger partial charge on any atom is 0.212 e. The highest BCUT2D eigenvalue weighted by atomic mass is 16.5. The number of aliphatic hydroxyl groups is 1. The van der Waals surface area contributed by atoms with E-state index in [0.717, 1.165) is 5.57 Å². The fraction of sp³-hybridized carbons (Fsp3) is 0.357. The SMILES string of the molecule is C=CC1=C/C/C(O)=C\C(OCC)=N/C/C=C\1OC. The Hall–Kier alpha value is -1.97. The molecule has 0 radical (unpaired) electrons. The van der Waals surface area contributed by atoms with E-state index in [-0.39, 0.29) is 5.76 Å². The first-order valence-electron chi connectivity index (χ1n) is 5.85. The van der Waals surface area contributed by atoms with Crippen molar-refractivity contribution in [2.45, 2.75) is 13.3 Å². The van der Waals surface area contributed by atoms with Crippen molar-refractivity contribution in [1.29, 1.82) is 0 Å². The zero-order chi connectivity index (χ0) is 13.4. The van der Waals surface area contributed by atoms with Crippen molar-refractivity contribution in [3.8, 4) is 0 Å². The van der Waals surface area contributed by atoms with E-state index < -0.39 is 0 Å². The van der Waals surface area contributed by atoms with Crippen molar-refractivity contribution in [3.05, 3.63) is 48.0 Å². The normalized spacial score (nSPS) is 28.3. The predicted octanol–water partition coefficient (Wildman–Crippen LogP) is 2.91. The summed E-state index contributed by atoms with van der Waals surface area (Å²) in [6.07, 6.45) is 7.31. The molecule has 0 aliphatic carbocycles. The monoisotopic (exact) mass is 249 g/mol. The van der Waals surface area contributed by atoms with Crippen LogP contribution in [0.15, 0.2) is 53.0 Å². The average Bonchev–Trinajstić information content (AvgIpc) is 2.37. The van der Waals surface area contributed by atoms with Crippen LogP contribution >= 0.6 is 0 Å². The highest BCUT2D eigenvalue weighted by molar-refractivity contribution is 5.88. The second-order valence-corrected chi connectivity index (χ2v) is 3.59. The number of aliphatic imine (C=N–C) groups is 1. The average molecular weight is 249 g/mol. The van der Waals surface area contributed by atoms with Crippen molar-refractivity contribution in [2.75, 3.05) is 20.3 Å².